The number of nitrogens with two attached hydrogens (primary N) is 1. The van der Waals surface area contributed by atoms with Gasteiger partial charge in [0.25, 0.3) is 0 Å². The van der Waals surface area contributed by atoms with E-state index in [1.165, 1.54) is 12.5 Å². The summed E-state index contributed by atoms with van der Waals surface area (Å²) in [5.74, 6) is -0.738. The maximum atomic E-state index is 11.7. The van der Waals surface area contributed by atoms with Crippen molar-refractivity contribution in [1.29, 1.82) is 0 Å². The van der Waals surface area contributed by atoms with Gasteiger partial charge in [-0.05, 0) is 20.8 Å². The first-order valence-corrected chi connectivity index (χ1v) is 4.76. The Morgan fingerprint density at radius 2 is 2.33 bits per heavy atom. The van der Waals surface area contributed by atoms with E-state index in [-0.39, 0.29) is 6.54 Å². The van der Waals surface area contributed by atoms with Crippen molar-refractivity contribution in [3.63, 3.8) is 0 Å². The second-order valence-corrected chi connectivity index (χ2v) is 4.19. The van der Waals surface area contributed by atoms with Gasteiger partial charge in [0.1, 0.15) is 17.8 Å². The molecule has 1 heterocycles. The summed E-state index contributed by atoms with van der Waals surface area (Å²) in [6.07, 6.45) is 2.88. The van der Waals surface area contributed by atoms with Crippen LogP contribution in [0.5, 0.6) is 0 Å². The van der Waals surface area contributed by atoms with Gasteiger partial charge in [0.2, 0.25) is 5.89 Å². The molecule has 2 N–H and O–H groups in total. The number of hydrogen-bond donors (Lipinski definition) is 1. The number of carbonyl (C=O) groups is 1. The Morgan fingerprint density at radius 1 is 1.67 bits per heavy atom. The monoisotopic (exact) mass is 212 g/mol. The second-order valence-electron chi connectivity index (χ2n) is 4.19. The molecular formula is C10H16N2O3. The molecule has 84 valence electrons. The molecule has 0 unspecified atom stereocenters. The number of esters is 1. The highest BCUT2D eigenvalue weighted by atomic mass is 16.6. The molecule has 0 radical (unpaired) electrons. The summed E-state index contributed by atoms with van der Waals surface area (Å²) in [5, 5.41) is 0. The number of rotatable bonds is 3. The lowest BCUT2D eigenvalue weighted by atomic mass is 10.1. The number of nitrogens with zero attached hydrogens (tertiary/aromatic N) is 1. The first-order chi connectivity index (χ1) is 6.94. The molecular weight excluding hydrogens is 196 g/mol. The van der Waals surface area contributed by atoms with Gasteiger partial charge in [-0.25, -0.2) is 4.98 Å². The standard InChI is InChI=1S/C10H16N2O3/c1-10(2,3)15-9(13)7(6-11)8-12-4-5-14-8/h4-5,7H,6,11H2,1-3H3/t7-/m1/s1. The van der Waals surface area contributed by atoms with E-state index in [1.807, 2.05) is 0 Å². The molecule has 0 saturated heterocycles. The van der Waals surface area contributed by atoms with E-state index in [4.69, 9.17) is 14.9 Å². The molecule has 15 heavy (non-hydrogen) atoms. The molecule has 0 bridgehead atoms. The van der Waals surface area contributed by atoms with Gasteiger partial charge in [-0.1, -0.05) is 0 Å². The molecule has 1 rings (SSSR count). The molecule has 1 atom stereocenters. The van der Waals surface area contributed by atoms with Crippen LogP contribution in [0.4, 0.5) is 0 Å². The number of hydrogen-bond acceptors (Lipinski definition) is 5. The smallest absolute Gasteiger partial charge is 0.320 e. The first-order valence-electron chi connectivity index (χ1n) is 4.76. The van der Waals surface area contributed by atoms with Crippen molar-refractivity contribution < 1.29 is 13.9 Å². The molecule has 0 spiro atoms. The average molecular weight is 212 g/mol. The van der Waals surface area contributed by atoms with Crippen molar-refractivity contribution in [1.82, 2.24) is 4.98 Å². The Labute approximate surface area is 88.6 Å². The van der Waals surface area contributed by atoms with E-state index >= 15 is 0 Å². The van der Waals surface area contributed by atoms with Crippen molar-refractivity contribution in [3.8, 4) is 0 Å². The number of carbonyl (C=O) groups excluding carboxylic acids is 1. The predicted octanol–water partition coefficient (Wildman–Crippen LogP) is 1.06. The lowest BCUT2D eigenvalue weighted by Gasteiger charge is -2.21. The number of oxazole rings is 1. The highest BCUT2D eigenvalue weighted by Gasteiger charge is 2.28. The van der Waals surface area contributed by atoms with Crippen LogP contribution in [-0.4, -0.2) is 23.1 Å². The molecule has 1 aromatic rings. The van der Waals surface area contributed by atoms with Crippen LogP contribution in [0.3, 0.4) is 0 Å². The minimum absolute atomic E-state index is 0.120. The van der Waals surface area contributed by atoms with E-state index < -0.39 is 17.5 Å². The van der Waals surface area contributed by atoms with E-state index in [2.05, 4.69) is 4.98 Å². The van der Waals surface area contributed by atoms with Gasteiger partial charge in [-0.15, -0.1) is 0 Å². The van der Waals surface area contributed by atoms with Gasteiger partial charge in [0.15, 0.2) is 0 Å². The molecule has 0 amide bonds. The van der Waals surface area contributed by atoms with Crippen molar-refractivity contribution in [2.24, 2.45) is 5.73 Å². The van der Waals surface area contributed by atoms with Crippen LogP contribution in [-0.2, 0) is 9.53 Å². The van der Waals surface area contributed by atoms with E-state index in [0.717, 1.165) is 0 Å². The Kier molecular flexibility index (Phi) is 3.47. The molecule has 0 fully saturated rings. The fourth-order valence-corrected chi connectivity index (χ4v) is 1.08. The summed E-state index contributed by atoms with van der Waals surface area (Å²) < 4.78 is 10.2. The molecule has 1 aromatic heterocycles. The number of ether oxygens (including phenoxy) is 1. The first kappa shape index (κ1) is 11.7. The Hall–Kier alpha value is -1.36. The zero-order valence-electron chi connectivity index (χ0n) is 9.19. The third kappa shape index (κ3) is 3.36. The van der Waals surface area contributed by atoms with Crippen molar-refractivity contribution in [2.75, 3.05) is 6.54 Å². The molecule has 5 nitrogen and oxygen atoms in total. The summed E-state index contributed by atoms with van der Waals surface area (Å²) >= 11 is 0. The van der Waals surface area contributed by atoms with E-state index in [1.54, 1.807) is 20.8 Å². The zero-order valence-corrected chi connectivity index (χ0v) is 9.19. The van der Waals surface area contributed by atoms with Gasteiger partial charge in [-0.3, -0.25) is 4.79 Å². The Balaban J connectivity index is 2.72. The summed E-state index contributed by atoms with van der Waals surface area (Å²) in [7, 11) is 0. The summed E-state index contributed by atoms with van der Waals surface area (Å²) in [6.45, 7) is 5.52. The average Bonchev–Trinajstić information content (AvgIpc) is 2.54. The lowest BCUT2D eigenvalue weighted by molar-refractivity contribution is -0.157. The fourth-order valence-electron chi connectivity index (χ4n) is 1.08. The highest BCUT2D eigenvalue weighted by molar-refractivity contribution is 5.77. The van der Waals surface area contributed by atoms with Crippen LogP contribution < -0.4 is 5.73 Å². The van der Waals surface area contributed by atoms with Crippen LogP contribution in [0.25, 0.3) is 0 Å². The Bertz CT molecular complexity index is 314. The van der Waals surface area contributed by atoms with E-state index in [9.17, 15) is 4.79 Å². The maximum Gasteiger partial charge on any atom is 0.320 e. The van der Waals surface area contributed by atoms with Gasteiger partial charge in [0.05, 0.1) is 6.20 Å². The minimum atomic E-state index is -0.626. The zero-order chi connectivity index (χ0) is 11.5. The van der Waals surface area contributed by atoms with Crippen LogP contribution in [0, 0.1) is 0 Å². The highest BCUT2D eigenvalue weighted by Crippen LogP contribution is 2.18. The summed E-state index contributed by atoms with van der Waals surface area (Å²) in [6, 6.07) is 0. The minimum Gasteiger partial charge on any atom is -0.459 e. The predicted molar refractivity (Wildman–Crippen MR) is 54.1 cm³/mol. The van der Waals surface area contributed by atoms with Gasteiger partial charge in [-0.2, -0.15) is 0 Å². The number of aromatic nitrogens is 1. The van der Waals surface area contributed by atoms with Gasteiger partial charge < -0.3 is 14.9 Å². The SMILES string of the molecule is CC(C)(C)OC(=O)[C@H](CN)c1ncco1. The molecule has 0 aliphatic heterocycles. The molecule has 5 heteroatoms. The molecule has 0 aromatic carbocycles. The van der Waals surface area contributed by atoms with Crippen molar-refractivity contribution in [3.05, 3.63) is 18.4 Å². The topological polar surface area (TPSA) is 78.4 Å². The normalized spacial score (nSPS) is 13.6. The lowest BCUT2D eigenvalue weighted by Crippen LogP contribution is -2.31. The second kappa shape index (κ2) is 4.44. The molecule has 0 aliphatic rings. The van der Waals surface area contributed by atoms with Crippen LogP contribution >= 0.6 is 0 Å². The largest absolute Gasteiger partial charge is 0.459 e. The molecule has 0 saturated carbocycles. The van der Waals surface area contributed by atoms with Crippen molar-refractivity contribution >= 4 is 5.97 Å². The summed E-state index contributed by atoms with van der Waals surface area (Å²) in [4.78, 5) is 15.6. The maximum absolute atomic E-state index is 11.7. The fraction of sp³-hybridized carbons (Fsp3) is 0.600. The third-order valence-corrected chi connectivity index (χ3v) is 1.68. The van der Waals surface area contributed by atoms with Gasteiger partial charge >= 0.3 is 5.97 Å². The van der Waals surface area contributed by atoms with Crippen LogP contribution in [0.2, 0.25) is 0 Å². The van der Waals surface area contributed by atoms with Crippen LogP contribution in [0.1, 0.15) is 32.6 Å². The van der Waals surface area contributed by atoms with Crippen LogP contribution in [0.15, 0.2) is 16.9 Å². The summed E-state index contributed by atoms with van der Waals surface area (Å²) in [5.41, 5.74) is 4.95. The molecule has 0 aliphatic carbocycles. The van der Waals surface area contributed by atoms with Crippen molar-refractivity contribution in [2.45, 2.75) is 32.3 Å². The Morgan fingerprint density at radius 3 is 2.73 bits per heavy atom. The third-order valence-electron chi connectivity index (χ3n) is 1.68. The van der Waals surface area contributed by atoms with Gasteiger partial charge in [0, 0.05) is 6.54 Å². The van der Waals surface area contributed by atoms with E-state index in [0.29, 0.717) is 5.89 Å². The quantitative estimate of drug-likeness (QED) is 0.758.